The second-order valence-corrected chi connectivity index (χ2v) is 4.46. The Kier molecular flexibility index (Phi) is 4.42. The van der Waals surface area contributed by atoms with Crippen LogP contribution in [-0.2, 0) is 0 Å². The molecule has 3 N–H and O–H groups in total. The predicted molar refractivity (Wildman–Crippen MR) is 84.1 cm³/mol. The van der Waals surface area contributed by atoms with Crippen LogP contribution in [0.1, 0.15) is 12.5 Å². The number of urea groups is 1. The molecule has 106 valence electrons. The van der Waals surface area contributed by atoms with Crippen molar-refractivity contribution in [2.24, 2.45) is 0 Å². The van der Waals surface area contributed by atoms with Gasteiger partial charge in [0.1, 0.15) is 0 Å². The summed E-state index contributed by atoms with van der Waals surface area (Å²) in [5.74, 6) is 0. The lowest BCUT2D eigenvalue weighted by atomic mass is 10.2. The van der Waals surface area contributed by atoms with Crippen LogP contribution in [0.15, 0.2) is 48.5 Å². The first-order chi connectivity index (χ1) is 10.1. The first-order valence-corrected chi connectivity index (χ1v) is 6.58. The number of amides is 2. The molecule has 0 radical (unpaired) electrons. The molecule has 5 heteroatoms. The standard InChI is InChI=1S/C16H16N4O/c1-2-20(15-8-4-6-13(18)10-15)16(21)19-14-7-3-5-12(9-14)11-17/h3-10H,2,18H2,1H3,(H,19,21). The zero-order chi connectivity index (χ0) is 15.2. The molecule has 21 heavy (non-hydrogen) atoms. The molecule has 0 fully saturated rings. The highest BCUT2D eigenvalue weighted by Crippen LogP contribution is 2.19. The third kappa shape index (κ3) is 3.51. The summed E-state index contributed by atoms with van der Waals surface area (Å²) in [4.78, 5) is 13.9. The summed E-state index contributed by atoms with van der Waals surface area (Å²) in [6.07, 6.45) is 0. The molecule has 0 saturated carbocycles. The largest absolute Gasteiger partial charge is 0.399 e. The van der Waals surface area contributed by atoms with Crippen molar-refractivity contribution in [2.75, 3.05) is 22.5 Å². The van der Waals surface area contributed by atoms with Crippen molar-refractivity contribution >= 4 is 23.1 Å². The summed E-state index contributed by atoms with van der Waals surface area (Å²) >= 11 is 0. The summed E-state index contributed by atoms with van der Waals surface area (Å²) < 4.78 is 0. The molecule has 2 rings (SSSR count). The molecular formula is C16H16N4O. The van der Waals surface area contributed by atoms with E-state index in [2.05, 4.69) is 5.32 Å². The maximum Gasteiger partial charge on any atom is 0.326 e. The smallest absolute Gasteiger partial charge is 0.326 e. The summed E-state index contributed by atoms with van der Waals surface area (Å²) in [6.45, 7) is 2.39. The van der Waals surface area contributed by atoms with E-state index in [4.69, 9.17) is 11.0 Å². The third-order valence-electron chi connectivity index (χ3n) is 2.99. The number of nitrogens with one attached hydrogen (secondary N) is 1. The highest BCUT2D eigenvalue weighted by molar-refractivity contribution is 6.02. The second-order valence-electron chi connectivity index (χ2n) is 4.46. The number of nitriles is 1. The van der Waals surface area contributed by atoms with Crippen LogP contribution < -0.4 is 16.0 Å². The van der Waals surface area contributed by atoms with Crippen LogP contribution in [0.5, 0.6) is 0 Å². The van der Waals surface area contributed by atoms with Crippen LogP contribution >= 0.6 is 0 Å². The highest BCUT2D eigenvalue weighted by atomic mass is 16.2. The van der Waals surface area contributed by atoms with Gasteiger partial charge in [-0.05, 0) is 43.3 Å². The van der Waals surface area contributed by atoms with E-state index in [0.717, 1.165) is 5.69 Å². The van der Waals surface area contributed by atoms with Crippen molar-refractivity contribution in [2.45, 2.75) is 6.92 Å². The summed E-state index contributed by atoms with van der Waals surface area (Å²) in [7, 11) is 0. The SMILES string of the molecule is CCN(C(=O)Nc1cccc(C#N)c1)c1cccc(N)c1. The van der Waals surface area contributed by atoms with Gasteiger partial charge in [-0.15, -0.1) is 0 Å². The van der Waals surface area contributed by atoms with Crippen LogP contribution in [0.25, 0.3) is 0 Å². The number of nitrogen functional groups attached to an aromatic ring is 1. The maximum atomic E-state index is 12.3. The molecule has 0 unspecified atom stereocenters. The Morgan fingerprint density at radius 1 is 1.29 bits per heavy atom. The van der Waals surface area contributed by atoms with Gasteiger partial charge in [0, 0.05) is 23.6 Å². The van der Waals surface area contributed by atoms with Crippen molar-refractivity contribution in [3.05, 3.63) is 54.1 Å². The summed E-state index contributed by atoms with van der Waals surface area (Å²) in [6, 6.07) is 15.7. The first-order valence-electron chi connectivity index (χ1n) is 6.58. The normalized spacial score (nSPS) is 9.71. The van der Waals surface area contributed by atoms with Gasteiger partial charge >= 0.3 is 6.03 Å². The zero-order valence-corrected chi connectivity index (χ0v) is 11.7. The Morgan fingerprint density at radius 2 is 2.05 bits per heavy atom. The molecule has 0 aliphatic rings. The molecule has 2 aromatic rings. The fourth-order valence-electron chi connectivity index (χ4n) is 1.99. The molecule has 2 amide bonds. The Hall–Kier alpha value is -3.00. The fourth-order valence-corrected chi connectivity index (χ4v) is 1.99. The molecule has 0 bridgehead atoms. The number of rotatable bonds is 3. The van der Waals surface area contributed by atoms with Gasteiger partial charge in [-0.3, -0.25) is 4.90 Å². The summed E-state index contributed by atoms with van der Waals surface area (Å²) in [5.41, 5.74) is 8.16. The molecule has 0 heterocycles. The molecule has 0 saturated heterocycles. The lowest BCUT2D eigenvalue weighted by Gasteiger charge is -2.21. The molecule has 0 aromatic heterocycles. The molecule has 2 aromatic carbocycles. The Bertz CT molecular complexity index is 691. The minimum atomic E-state index is -0.266. The topological polar surface area (TPSA) is 82.2 Å². The Labute approximate surface area is 123 Å². The van der Waals surface area contributed by atoms with E-state index < -0.39 is 0 Å². The number of carbonyl (C=O) groups is 1. The van der Waals surface area contributed by atoms with E-state index in [9.17, 15) is 4.79 Å². The second kappa shape index (κ2) is 6.44. The molecular weight excluding hydrogens is 264 g/mol. The average molecular weight is 280 g/mol. The molecule has 0 aliphatic carbocycles. The van der Waals surface area contributed by atoms with E-state index in [1.165, 1.54) is 0 Å². The fraction of sp³-hybridized carbons (Fsp3) is 0.125. The van der Waals surface area contributed by atoms with Crippen LogP contribution in [0.4, 0.5) is 21.9 Å². The van der Waals surface area contributed by atoms with E-state index in [1.54, 1.807) is 47.4 Å². The van der Waals surface area contributed by atoms with E-state index >= 15 is 0 Å². The zero-order valence-electron chi connectivity index (χ0n) is 11.7. The number of anilines is 3. The van der Waals surface area contributed by atoms with Crippen molar-refractivity contribution in [1.29, 1.82) is 5.26 Å². The number of hydrogen-bond acceptors (Lipinski definition) is 3. The maximum absolute atomic E-state index is 12.3. The van der Waals surface area contributed by atoms with Crippen molar-refractivity contribution in [1.82, 2.24) is 0 Å². The van der Waals surface area contributed by atoms with Crippen molar-refractivity contribution in [3.63, 3.8) is 0 Å². The lowest BCUT2D eigenvalue weighted by molar-refractivity contribution is 0.257. The van der Waals surface area contributed by atoms with Gasteiger partial charge < -0.3 is 11.1 Å². The molecule has 0 atom stereocenters. The summed E-state index contributed by atoms with van der Waals surface area (Å²) in [5, 5.41) is 11.7. The van der Waals surface area contributed by atoms with Gasteiger partial charge in [-0.1, -0.05) is 12.1 Å². The van der Waals surface area contributed by atoms with Crippen molar-refractivity contribution < 1.29 is 4.79 Å². The lowest BCUT2D eigenvalue weighted by Crippen LogP contribution is -2.34. The molecule has 0 spiro atoms. The minimum absolute atomic E-state index is 0.266. The van der Waals surface area contributed by atoms with Gasteiger partial charge in [-0.25, -0.2) is 4.79 Å². The van der Waals surface area contributed by atoms with Crippen LogP contribution in [-0.4, -0.2) is 12.6 Å². The number of nitrogens with two attached hydrogens (primary N) is 1. The van der Waals surface area contributed by atoms with Gasteiger partial charge in [0.25, 0.3) is 0 Å². The van der Waals surface area contributed by atoms with E-state index in [1.807, 2.05) is 19.1 Å². The van der Waals surface area contributed by atoms with Crippen molar-refractivity contribution in [3.8, 4) is 6.07 Å². The molecule has 0 aliphatic heterocycles. The number of nitrogens with zero attached hydrogens (tertiary/aromatic N) is 2. The van der Waals surface area contributed by atoms with Crippen LogP contribution in [0, 0.1) is 11.3 Å². The number of carbonyl (C=O) groups excluding carboxylic acids is 1. The third-order valence-corrected chi connectivity index (χ3v) is 2.99. The monoisotopic (exact) mass is 280 g/mol. The minimum Gasteiger partial charge on any atom is -0.399 e. The van der Waals surface area contributed by atoms with E-state index in [0.29, 0.717) is 23.5 Å². The highest BCUT2D eigenvalue weighted by Gasteiger charge is 2.14. The number of benzene rings is 2. The van der Waals surface area contributed by atoms with Crippen LogP contribution in [0.3, 0.4) is 0 Å². The van der Waals surface area contributed by atoms with Gasteiger partial charge in [-0.2, -0.15) is 5.26 Å². The average Bonchev–Trinajstić information content (AvgIpc) is 2.48. The van der Waals surface area contributed by atoms with Crippen LogP contribution in [0.2, 0.25) is 0 Å². The van der Waals surface area contributed by atoms with Gasteiger partial charge in [0.2, 0.25) is 0 Å². The Morgan fingerprint density at radius 3 is 2.71 bits per heavy atom. The molecule has 5 nitrogen and oxygen atoms in total. The predicted octanol–water partition coefficient (Wildman–Crippen LogP) is 3.20. The quantitative estimate of drug-likeness (QED) is 0.847. The first kappa shape index (κ1) is 14.4. The van der Waals surface area contributed by atoms with Gasteiger partial charge in [0.15, 0.2) is 0 Å². The van der Waals surface area contributed by atoms with Gasteiger partial charge in [0.05, 0.1) is 11.6 Å². The van der Waals surface area contributed by atoms with E-state index in [-0.39, 0.29) is 6.03 Å². The number of hydrogen-bond donors (Lipinski definition) is 2. The Balaban J connectivity index is 2.19.